The minimum absolute atomic E-state index is 0.0297. The number of benzene rings is 2. The SMILES string of the molecule is O=C(c1ccc(F)c(Cl)c1)N1CCC(CNCCc2c[nH]c3ccc(F)cc23)CC1. The molecule has 0 radical (unpaired) electrons. The molecule has 2 N–H and O–H groups in total. The van der Waals surface area contributed by atoms with E-state index in [1.807, 2.05) is 6.20 Å². The molecular formula is C23H24ClF2N3O. The number of rotatable bonds is 6. The highest BCUT2D eigenvalue weighted by Gasteiger charge is 2.24. The van der Waals surface area contributed by atoms with Gasteiger partial charge >= 0.3 is 0 Å². The summed E-state index contributed by atoms with van der Waals surface area (Å²) in [6, 6.07) is 8.90. The second-order valence-corrected chi connectivity index (χ2v) is 8.23. The van der Waals surface area contributed by atoms with Gasteiger partial charge in [0.25, 0.3) is 5.91 Å². The number of carbonyl (C=O) groups is 1. The number of hydrogen-bond acceptors (Lipinski definition) is 2. The second kappa shape index (κ2) is 9.14. The maximum absolute atomic E-state index is 13.5. The van der Waals surface area contributed by atoms with Gasteiger partial charge in [0.05, 0.1) is 5.02 Å². The van der Waals surface area contributed by atoms with Crippen LogP contribution in [0, 0.1) is 17.6 Å². The summed E-state index contributed by atoms with van der Waals surface area (Å²) in [7, 11) is 0. The number of carbonyl (C=O) groups excluding carboxylic acids is 1. The van der Waals surface area contributed by atoms with Crippen LogP contribution in [0.15, 0.2) is 42.6 Å². The maximum atomic E-state index is 13.5. The van der Waals surface area contributed by atoms with Gasteiger partial charge in [-0.2, -0.15) is 0 Å². The molecule has 1 aromatic heterocycles. The lowest BCUT2D eigenvalue weighted by Gasteiger charge is -2.32. The molecule has 1 aliphatic heterocycles. The van der Waals surface area contributed by atoms with Gasteiger partial charge in [-0.1, -0.05) is 11.6 Å². The number of aromatic nitrogens is 1. The number of halogens is 3. The molecule has 0 atom stereocenters. The number of piperidine rings is 1. The third-order valence-corrected chi connectivity index (χ3v) is 6.09. The molecule has 7 heteroatoms. The second-order valence-electron chi connectivity index (χ2n) is 7.82. The number of likely N-dealkylation sites (tertiary alicyclic amines) is 1. The molecule has 1 fully saturated rings. The summed E-state index contributed by atoms with van der Waals surface area (Å²) in [5.74, 6) is -0.336. The van der Waals surface area contributed by atoms with Crippen LogP contribution in [-0.4, -0.2) is 42.0 Å². The van der Waals surface area contributed by atoms with Crippen molar-refractivity contribution in [1.82, 2.24) is 15.2 Å². The van der Waals surface area contributed by atoms with Gasteiger partial charge in [-0.25, -0.2) is 8.78 Å². The summed E-state index contributed by atoms with van der Waals surface area (Å²) in [6.07, 6.45) is 4.61. The number of aromatic amines is 1. The predicted octanol–water partition coefficient (Wildman–Crippen LogP) is 4.78. The fourth-order valence-electron chi connectivity index (χ4n) is 4.04. The number of amides is 1. The van der Waals surface area contributed by atoms with E-state index in [0.717, 1.165) is 48.8 Å². The number of H-pyrrole nitrogens is 1. The third kappa shape index (κ3) is 4.65. The van der Waals surface area contributed by atoms with Crippen molar-refractivity contribution in [3.63, 3.8) is 0 Å². The Kier molecular flexibility index (Phi) is 6.35. The maximum Gasteiger partial charge on any atom is 0.253 e. The Labute approximate surface area is 179 Å². The fraction of sp³-hybridized carbons (Fsp3) is 0.348. The van der Waals surface area contributed by atoms with E-state index < -0.39 is 5.82 Å². The monoisotopic (exact) mass is 431 g/mol. The molecule has 4 rings (SSSR count). The zero-order chi connectivity index (χ0) is 21.1. The zero-order valence-electron chi connectivity index (χ0n) is 16.6. The zero-order valence-corrected chi connectivity index (χ0v) is 17.3. The van der Waals surface area contributed by atoms with Crippen molar-refractivity contribution in [1.29, 1.82) is 0 Å². The first-order chi connectivity index (χ1) is 14.5. The highest BCUT2D eigenvalue weighted by molar-refractivity contribution is 6.31. The van der Waals surface area contributed by atoms with E-state index in [1.165, 1.54) is 24.3 Å². The van der Waals surface area contributed by atoms with Crippen LogP contribution in [0.25, 0.3) is 10.9 Å². The summed E-state index contributed by atoms with van der Waals surface area (Å²) >= 11 is 5.79. The first-order valence-electron chi connectivity index (χ1n) is 10.2. The summed E-state index contributed by atoms with van der Waals surface area (Å²) in [5, 5.41) is 4.40. The molecule has 1 aliphatic rings. The van der Waals surface area contributed by atoms with Crippen molar-refractivity contribution in [2.24, 2.45) is 5.92 Å². The van der Waals surface area contributed by atoms with E-state index in [2.05, 4.69) is 10.3 Å². The quantitative estimate of drug-likeness (QED) is 0.551. The topological polar surface area (TPSA) is 48.1 Å². The van der Waals surface area contributed by atoms with Crippen LogP contribution in [0.1, 0.15) is 28.8 Å². The average Bonchev–Trinajstić information content (AvgIpc) is 3.15. The van der Waals surface area contributed by atoms with Crippen LogP contribution in [0.2, 0.25) is 5.02 Å². The molecule has 4 nitrogen and oxygen atoms in total. The van der Waals surface area contributed by atoms with Gasteiger partial charge in [-0.3, -0.25) is 4.79 Å². The molecule has 0 spiro atoms. The predicted molar refractivity (Wildman–Crippen MR) is 115 cm³/mol. The van der Waals surface area contributed by atoms with Crippen molar-refractivity contribution >= 4 is 28.4 Å². The van der Waals surface area contributed by atoms with Gasteiger partial charge in [0.2, 0.25) is 0 Å². The third-order valence-electron chi connectivity index (χ3n) is 5.80. The molecule has 0 bridgehead atoms. The van der Waals surface area contributed by atoms with E-state index >= 15 is 0 Å². The lowest BCUT2D eigenvalue weighted by molar-refractivity contribution is 0.0690. The summed E-state index contributed by atoms with van der Waals surface area (Å²) in [4.78, 5) is 17.6. The van der Waals surface area contributed by atoms with E-state index in [9.17, 15) is 13.6 Å². The Balaban J connectivity index is 1.21. The summed E-state index contributed by atoms with van der Waals surface area (Å²) in [6.45, 7) is 3.07. The average molecular weight is 432 g/mol. The first kappa shape index (κ1) is 20.8. The molecule has 1 saturated heterocycles. The van der Waals surface area contributed by atoms with Crippen LogP contribution in [-0.2, 0) is 6.42 Å². The van der Waals surface area contributed by atoms with Crippen LogP contribution in [0.3, 0.4) is 0 Å². The molecule has 2 heterocycles. The van der Waals surface area contributed by atoms with Gasteiger partial charge in [-0.15, -0.1) is 0 Å². The summed E-state index contributed by atoms with van der Waals surface area (Å²) < 4.78 is 26.8. The van der Waals surface area contributed by atoms with Crippen molar-refractivity contribution in [2.45, 2.75) is 19.3 Å². The fourth-order valence-corrected chi connectivity index (χ4v) is 4.22. The van der Waals surface area contributed by atoms with E-state index in [1.54, 1.807) is 17.0 Å². The highest BCUT2D eigenvalue weighted by atomic mass is 35.5. The Hall–Kier alpha value is -2.44. The van der Waals surface area contributed by atoms with Gasteiger partial charge < -0.3 is 15.2 Å². The number of nitrogens with zero attached hydrogens (tertiary/aromatic N) is 1. The Morgan fingerprint density at radius 1 is 1.17 bits per heavy atom. The van der Waals surface area contributed by atoms with Crippen molar-refractivity contribution in [2.75, 3.05) is 26.2 Å². The highest BCUT2D eigenvalue weighted by Crippen LogP contribution is 2.22. The van der Waals surface area contributed by atoms with Gasteiger partial charge in [0, 0.05) is 35.8 Å². The standard InChI is InChI=1S/C23H24ClF2N3O/c24-20-11-16(1-3-21(20)26)23(30)29-9-6-15(7-10-29)13-27-8-5-17-14-28-22-4-2-18(25)12-19(17)22/h1-4,11-12,14-15,27-28H,5-10,13H2. The normalized spacial score (nSPS) is 15.1. The minimum Gasteiger partial charge on any atom is -0.361 e. The number of hydrogen-bond donors (Lipinski definition) is 2. The Bertz CT molecular complexity index is 1040. The molecule has 2 aromatic carbocycles. The number of nitrogens with one attached hydrogen (secondary N) is 2. The largest absolute Gasteiger partial charge is 0.361 e. The van der Waals surface area contributed by atoms with Gasteiger partial charge in [0.15, 0.2) is 0 Å². The van der Waals surface area contributed by atoms with Crippen LogP contribution in [0.4, 0.5) is 8.78 Å². The molecule has 1 amide bonds. The van der Waals surface area contributed by atoms with Crippen LogP contribution in [0.5, 0.6) is 0 Å². The summed E-state index contributed by atoms with van der Waals surface area (Å²) in [5.41, 5.74) is 2.48. The van der Waals surface area contributed by atoms with Crippen molar-refractivity contribution < 1.29 is 13.6 Å². The van der Waals surface area contributed by atoms with Gasteiger partial charge in [-0.05, 0) is 80.2 Å². The number of fused-ring (bicyclic) bond motifs is 1. The molecule has 30 heavy (non-hydrogen) atoms. The smallest absolute Gasteiger partial charge is 0.253 e. The Morgan fingerprint density at radius 3 is 2.73 bits per heavy atom. The van der Waals surface area contributed by atoms with E-state index in [4.69, 9.17) is 11.6 Å². The van der Waals surface area contributed by atoms with E-state index in [0.29, 0.717) is 24.6 Å². The van der Waals surface area contributed by atoms with E-state index in [-0.39, 0.29) is 16.7 Å². The molecule has 0 saturated carbocycles. The molecule has 158 valence electrons. The molecule has 3 aromatic rings. The molecule has 0 unspecified atom stereocenters. The molecular weight excluding hydrogens is 408 g/mol. The lowest BCUT2D eigenvalue weighted by Crippen LogP contribution is -2.41. The van der Waals surface area contributed by atoms with Crippen molar-refractivity contribution in [3.8, 4) is 0 Å². The first-order valence-corrected chi connectivity index (χ1v) is 10.6. The minimum atomic E-state index is -0.518. The Morgan fingerprint density at radius 2 is 1.97 bits per heavy atom. The lowest BCUT2D eigenvalue weighted by atomic mass is 9.96. The van der Waals surface area contributed by atoms with Crippen molar-refractivity contribution in [3.05, 3.63) is 70.4 Å². The van der Waals surface area contributed by atoms with Gasteiger partial charge in [0.1, 0.15) is 11.6 Å². The van der Waals surface area contributed by atoms with Crippen LogP contribution >= 0.6 is 11.6 Å². The molecule has 0 aliphatic carbocycles. The van der Waals surface area contributed by atoms with Crippen LogP contribution < -0.4 is 5.32 Å².